The van der Waals surface area contributed by atoms with Crippen molar-refractivity contribution < 1.29 is 9.59 Å². The SMILES string of the molecule is Cc1nc(CC(C(=O)NCc2ccc3[nH]ccc3c2)C(=O)N(CC(C)C)CC(C)C)cs1. The van der Waals surface area contributed by atoms with Crippen LogP contribution >= 0.6 is 11.3 Å². The number of rotatable bonds is 10. The van der Waals surface area contributed by atoms with Crippen molar-refractivity contribution in [2.75, 3.05) is 13.1 Å². The van der Waals surface area contributed by atoms with Crippen LogP contribution in [0.5, 0.6) is 0 Å². The lowest BCUT2D eigenvalue weighted by Crippen LogP contribution is -2.47. The molecule has 0 aliphatic heterocycles. The highest BCUT2D eigenvalue weighted by Crippen LogP contribution is 2.18. The molecule has 2 amide bonds. The molecule has 0 bridgehead atoms. The second-order valence-electron chi connectivity index (χ2n) is 9.26. The molecule has 0 fully saturated rings. The molecule has 3 rings (SSSR count). The number of thiazole rings is 1. The zero-order chi connectivity index (χ0) is 23.3. The highest BCUT2D eigenvalue weighted by Gasteiger charge is 2.32. The third kappa shape index (κ3) is 6.42. The fraction of sp³-hybridized carbons (Fsp3) is 0.480. The first-order chi connectivity index (χ1) is 15.2. The summed E-state index contributed by atoms with van der Waals surface area (Å²) < 4.78 is 0. The highest BCUT2D eigenvalue weighted by atomic mass is 32.1. The maximum Gasteiger partial charge on any atom is 0.235 e. The van der Waals surface area contributed by atoms with Crippen LogP contribution in [0.2, 0.25) is 0 Å². The van der Waals surface area contributed by atoms with Crippen LogP contribution in [0, 0.1) is 24.7 Å². The Hall–Kier alpha value is -2.67. The Morgan fingerprint density at radius 3 is 2.47 bits per heavy atom. The van der Waals surface area contributed by atoms with E-state index < -0.39 is 5.92 Å². The third-order valence-corrected chi connectivity index (χ3v) is 6.08. The van der Waals surface area contributed by atoms with E-state index >= 15 is 0 Å². The first-order valence-electron chi connectivity index (χ1n) is 11.3. The summed E-state index contributed by atoms with van der Waals surface area (Å²) in [6, 6.07) is 8.05. The van der Waals surface area contributed by atoms with Gasteiger partial charge in [-0.2, -0.15) is 0 Å². The van der Waals surface area contributed by atoms with Gasteiger partial charge in [-0.1, -0.05) is 33.8 Å². The Balaban J connectivity index is 1.77. The van der Waals surface area contributed by atoms with Gasteiger partial charge in [-0.3, -0.25) is 9.59 Å². The molecule has 2 heterocycles. The molecule has 6 nitrogen and oxygen atoms in total. The Bertz CT molecular complexity index is 1040. The molecule has 172 valence electrons. The molecule has 0 spiro atoms. The van der Waals surface area contributed by atoms with E-state index in [1.54, 1.807) is 11.3 Å². The van der Waals surface area contributed by atoms with Crippen LogP contribution in [0.15, 0.2) is 35.8 Å². The first-order valence-corrected chi connectivity index (χ1v) is 12.1. The van der Waals surface area contributed by atoms with Crippen LogP contribution in [0.25, 0.3) is 10.9 Å². The first kappa shape index (κ1) is 24.0. The number of hydrogen-bond acceptors (Lipinski definition) is 4. The van der Waals surface area contributed by atoms with Gasteiger partial charge >= 0.3 is 0 Å². The summed E-state index contributed by atoms with van der Waals surface area (Å²) in [5.41, 5.74) is 2.86. The molecule has 32 heavy (non-hydrogen) atoms. The minimum absolute atomic E-state index is 0.114. The second-order valence-corrected chi connectivity index (χ2v) is 10.3. The van der Waals surface area contributed by atoms with E-state index in [4.69, 9.17) is 0 Å². The summed E-state index contributed by atoms with van der Waals surface area (Å²) in [4.78, 5) is 36.4. The van der Waals surface area contributed by atoms with E-state index in [0.29, 0.717) is 37.9 Å². The Morgan fingerprint density at radius 1 is 1.12 bits per heavy atom. The predicted octanol–water partition coefficient (Wildman–Crippen LogP) is 4.55. The van der Waals surface area contributed by atoms with Crippen LogP contribution in [-0.2, 0) is 22.6 Å². The monoisotopic (exact) mass is 454 g/mol. The number of H-pyrrole nitrogens is 1. The van der Waals surface area contributed by atoms with Crippen molar-refractivity contribution in [3.63, 3.8) is 0 Å². The molecular formula is C25H34N4O2S. The number of nitrogens with zero attached hydrogens (tertiary/aromatic N) is 2. The molecule has 2 N–H and O–H groups in total. The van der Waals surface area contributed by atoms with Gasteiger partial charge in [-0.25, -0.2) is 4.98 Å². The number of benzene rings is 1. The van der Waals surface area contributed by atoms with Gasteiger partial charge in [-0.15, -0.1) is 11.3 Å². The number of aryl methyl sites for hydroxylation is 1. The Labute approximate surface area is 194 Å². The van der Waals surface area contributed by atoms with E-state index in [-0.39, 0.29) is 11.8 Å². The van der Waals surface area contributed by atoms with Crippen molar-refractivity contribution >= 4 is 34.1 Å². The summed E-state index contributed by atoms with van der Waals surface area (Å²) in [6.07, 6.45) is 2.22. The lowest BCUT2D eigenvalue weighted by atomic mass is 9.99. The molecule has 0 saturated heterocycles. The minimum atomic E-state index is -0.787. The van der Waals surface area contributed by atoms with E-state index in [2.05, 4.69) is 49.0 Å². The van der Waals surface area contributed by atoms with Gasteiger partial charge in [0.1, 0.15) is 5.92 Å². The fourth-order valence-electron chi connectivity index (χ4n) is 3.88. The normalized spacial score (nSPS) is 12.5. The average molecular weight is 455 g/mol. The van der Waals surface area contributed by atoms with Gasteiger partial charge in [0.05, 0.1) is 10.7 Å². The minimum Gasteiger partial charge on any atom is -0.361 e. The Morgan fingerprint density at radius 2 is 1.84 bits per heavy atom. The van der Waals surface area contributed by atoms with E-state index in [9.17, 15) is 9.59 Å². The number of fused-ring (bicyclic) bond motifs is 1. The van der Waals surface area contributed by atoms with Gasteiger partial charge in [0, 0.05) is 43.1 Å². The molecule has 0 aliphatic rings. The van der Waals surface area contributed by atoms with Crippen molar-refractivity contribution in [3.05, 3.63) is 52.1 Å². The van der Waals surface area contributed by atoms with Crippen LogP contribution < -0.4 is 5.32 Å². The standard InChI is InChI=1S/C25H34N4O2S/c1-16(2)13-29(14-17(3)4)25(31)22(11-21-15-32-18(5)28-21)24(30)27-12-19-6-7-23-20(10-19)8-9-26-23/h6-10,15-17,22,26H,11-14H2,1-5H3,(H,27,30). The molecule has 0 radical (unpaired) electrons. The molecule has 2 aromatic heterocycles. The highest BCUT2D eigenvalue weighted by molar-refractivity contribution is 7.09. The fourth-order valence-corrected chi connectivity index (χ4v) is 4.51. The summed E-state index contributed by atoms with van der Waals surface area (Å²) in [5, 5.41) is 6.98. The lowest BCUT2D eigenvalue weighted by Gasteiger charge is -2.29. The van der Waals surface area contributed by atoms with Crippen molar-refractivity contribution in [3.8, 4) is 0 Å². The van der Waals surface area contributed by atoms with Gasteiger partial charge < -0.3 is 15.2 Å². The number of amides is 2. The number of aromatic amines is 1. The topological polar surface area (TPSA) is 78.1 Å². The quantitative estimate of drug-likeness (QED) is 0.441. The summed E-state index contributed by atoms with van der Waals surface area (Å²) in [7, 11) is 0. The summed E-state index contributed by atoms with van der Waals surface area (Å²) >= 11 is 1.54. The van der Waals surface area contributed by atoms with Gasteiger partial charge in [0.15, 0.2) is 0 Å². The third-order valence-electron chi connectivity index (χ3n) is 5.26. The second kappa shape index (κ2) is 10.8. The van der Waals surface area contributed by atoms with Crippen LogP contribution in [0.1, 0.15) is 44.0 Å². The smallest absolute Gasteiger partial charge is 0.235 e. The average Bonchev–Trinajstić information content (AvgIpc) is 3.36. The van der Waals surface area contributed by atoms with Gasteiger partial charge in [0.2, 0.25) is 11.8 Å². The molecule has 3 aromatic rings. The zero-order valence-electron chi connectivity index (χ0n) is 19.6. The van der Waals surface area contributed by atoms with Crippen LogP contribution in [-0.4, -0.2) is 39.8 Å². The molecule has 1 aromatic carbocycles. The molecule has 7 heteroatoms. The molecule has 1 unspecified atom stereocenters. The molecule has 0 saturated carbocycles. The Kier molecular flexibility index (Phi) is 8.07. The largest absolute Gasteiger partial charge is 0.361 e. The number of nitrogens with one attached hydrogen (secondary N) is 2. The molecule has 0 aliphatic carbocycles. The predicted molar refractivity (Wildman–Crippen MR) is 130 cm³/mol. The molecule has 1 atom stereocenters. The van der Waals surface area contributed by atoms with Crippen molar-refractivity contribution in [2.24, 2.45) is 17.8 Å². The van der Waals surface area contributed by atoms with Crippen molar-refractivity contribution in [1.29, 1.82) is 0 Å². The van der Waals surface area contributed by atoms with Gasteiger partial charge in [-0.05, 0) is 47.9 Å². The van der Waals surface area contributed by atoms with Crippen molar-refractivity contribution in [1.82, 2.24) is 20.2 Å². The zero-order valence-corrected chi connectivity index (χ0v) is 20.5. The van der Waals surface area contributed by atoms with Crippen LogP contribution in [0.3, 0.4) is 0 Å². The number of aromatic nitrogens is 2. The maximum atomic E-state index is 13.6. The number of carbonyl (C=O) groups is 2. The maximum absolute atomic E-state index is 13.6. The number of carbonyl (C=O) groups excluding carboxylic acids is 2. The summed E-state index contributed by atoms with van der Waals surface area (Å²) in [5.74, 6) is -0.485. The van der Waals surface area contributed by atoms with E-state index in [0.717, 1.165) is 27.2 Å². The van der Waals surface area contributed by atoms with Gasteiger partial charge in [0.25, 0.3) is 0 Å². The molecular weight excluding hydrogens is 420 g/mol. The number of hydrogen-bond donors (Lipinski definition) is 2. The van der Waals surface area contributed by atoms with E-state index in [1.807, 2.05) is 41.6 Å². The lowest BCUT2D eigenvalue weighted by molar-refractivity contribution is -0.143. The van der Waals surface area contributed by atoms with E-state index in [1.165, 1.54) is 0 Å². The van der Waals surface area contributed by atoms with Crippen molar-refractivity contribution in [2.45, 2.75) is 47.6 Å². The van der Waals surface area contributed by atoms with Crippen LogP contribution in [0.4, 0.5) is 0 Å². The summed E-state index contributed by atoms with van der Waals surface area (Å²) in [6.45, 7) is 12.0.